The van der Waals surface area contributed by atoms with Gasteiger partial charge in [-0.05, 0) is 19.8 Å². The van der Waals surface area contributed by atoms with Crippen LogP contribution in [0.2, 0.25) is 0 Å². The summed E-state index contributed by atoms with van der Waals surface area (Å²) in [5, 5.41) is 11.6. The molecule has 0 radical (unpaired) electrons. The fraction of sp³-hybridized carbons (Fsp3) is 0.500. The molecule has 0 atom stereocenters. The number of hydrogen-bond donors (Lipinski definition) is 4. The summed E-state index contributed by atoms with van der Waals surface area (Å²) >= 11 is 0. The summed E-state index contributed by atoms with van der Waals surface area (Å²) in [5.74, 6) is -0.635. The normalized spacial score (nSPS) is 14.4. The molecule has 5 N–H and O–H groups in total. The Morgan fingerprint density at radius 1 is 1.53 bits per heavy atom. The van der Waals surface area contributed by atoms with Crippen LogP contribution in [0.25, 0.3) is 0 Å². The first kappa shape index (κ1) is 11.4. The summed E-state index contributed by atoms with van der Waals surface area (Å²) in [6.07, 6.45) is 2.04. The van der Waals surface area contributed by atoms with Crippen molar-refractivity contribution in [3.8, 4) is 0 Å². The standard InChI is InChI=1S/C10H15N5O2/c1-5-8(11)9(15-14-5)10(17)12-4-7(16)13-6-2-3-6/h6H,2-4,11H2,1H3,(H,12,17)(H,13,16)(H,14,15). The van der Waals surface area contributed by atoms with Crippen LogP contribution in [0, 0.1) is 6.92 Å². The predicted molar refractivity (Wildman–Crippen MR) is 61.2 cm³/mol. The number of H-pyrrole nitrogens is 1. The molecule has 1 saturated carbocycles. The minimum absolute atomic E-state index is 0.0549. The van der Waals surface area contributed by atoms with E-state index in [2.05, 4.69) is 20.8 Å². The van der Waals surface area contributed by atoms with Gasteiger partial charge >= 0.3 is 0 Å². The molecule has 2 rings (SSSR count). The van der Waals surface area contributed by atoms with Crippen molar-refractivity contribution in [2.75, 3.05) is 12.3 Å². The second-order valence-electron chi connectivity index (χ2n) is 4.14. The second kappa shape index (κ2) is 4.44. The Labute approximate surface area is 98.1 Å². The number of nitrogens with one attached hydrogen (secondary N) is 3. The van der Waals surface area contributed by atoms with Crippen LogP contribution < -0.4 is 16.4 Å². The molecule has 17 heavy (non-hydrogen) atoms. The zero-order valence-corrected chi connectivity index (χ0v) is 9.54. The number of aryl methyl sites for hydroxylation is 1. The highest BCUT2D eigenvalue weighted by Crippen LogP contribution is 2.18. The van der Waals surface area contributed by atoms with Crippen LogP contribution in [0.1, 0.15) is 29.0 Å². The van der Waals surface area contributed by atoms with Crippen LogP contribution in [-0.2, 0) is 4.79 Å². The third-order valence-electron chi connectivity index (χ3n) is 2.56. The number of amides is 2. The van der Waals surface area contributed by atoms with Crippen molar-refractivity contribution in [2.24, 2.45) is 0 Å². The summed E-state index contributed by atoms with van der Waals surface area (Å²) in [5.41, 5.74) is 6.72. The first-order valence-electron chi connectivity index (χ1n) is 5.46. The molecule has 0 bridgehead atoms. The minimum atomic E-state index is -0.446. The van der Waals surface area contributed by atoms with Gasteiger partial charge in [-0.15, -0.1) is 0 Å². The molecule has 0 saturated heterocycles. The molecule has 92 valence electrons. The Bertz CT molecular complexity index is 450. The van der Waals surface area contributed by atoms with Gasteiger partial charge in [-0.2, -0.15) is 5.10 Å². The zero-order valence-electron chi connectivity index (χ0n) is 9.54. The van der Waals surface area contributed by atoms with Gasteiger partial charge in [0.2, 0.25) is 5.91 Å². The molecule has 1 aromatic heterocycles. The maximum Gasteiger partial charge on any atom is 0.274 e. The first-order chi connectivity index (χ1) is 8.08. The van der Waals surface area contributed by atoms with E-state index in [9.17, 15) is 9.59 Å². The Morgan fingerprint density at radius 3 is 2.76 bits per heavy atom. The number of anilines is 1. The number of carbonyl (C=O) groups is 2. The number of hydrogen-bond acceptors (Lipinski definition) is 4. The van der Waals surface area contributed by atoms with Crippen molar-refractivity contribution in [3.63, 3.8) is 0 Å². The summed E-state index contributed by atoms with van der Waals surface area (Å²) < 4.78 is 0. The molecule has 7 heteroatoms. The monoisotopic (exact) mass is 237 g/mol. The summed E-state index contributed by atoms with van der Waals surface area (Å²) in [6, 6.07) is 0.289. The molecule has 0 aromatic carbocycles. The molecule has 1 fully saturated rings. The van der Waals surface area contributed by atoms with Gasteiger partial charge in [0, 0.05) is 6.04 Å². The van der Waals surface area contributed by atoms with E-state index in [1.165, 1.54) is 0 Å². The fourth-order valence-corrected chi connectivity index (χ4v) is 1.36. The van der Waals surface area contributed by atoms with Crippen molar-refractivity contribution in [3.05, 3.63) is 11.4 Å². The lowest BCUT2D eigenvalue weighted by Crippen LogP contribution is -2.38. The second-order valence-corrected chi connectivity index (χ2v) is 4.14. The van der Waals surface area contributed by atoms with Gasteiger partial charge in [-0.3, -0.25) is 14.7 Å². The Morgan fingerprint density at radius 2 is 2.24 bits per heavy atom. The highest BCUT2D eigenvalue weighted by Gasteiger charge is 2.23. The van der Waals surface area contributed by atoms with Crippen molar-refractivity contribution in [1.29, 1.82) is 0 Å². The molecule has 1 heterocycles. The summed E-state index contributed by atoms with van der Waals surface area (Å²) in [6.45, 7) is 1.67. The van der Waals surface area contributed by atoms with Crippen molar-refractivity contribution in [1.82, 2.24) is 20.8 Å². The van der Waals surface area contributed by atoms with E-state index in [0.717, 1.165) is 12.8 Å². The van der Waals surface area contributed by atoms with E-state index < -0.39 is 5.91 Å². The van der Waals surface area contributed by atoms with E-state index >= 15 is 0 Å². The molecule has 0 spiro atoms. The van der Waals surface area contributed by atoms with E-state index in [4.69, 9.17) is 5.73 Å². The maximum atomic E-state index is 11.6. The minimum Gasteiger partial charge on any atom is -0.395 e. The Kier molecular flexibility index (Phi) is 2.99. The lowest BCUT2D eigenvalue weighted by atomic mass is 10.3. The molecule has 1 aliphatic carbocycles. The number of nitrogen functional groups attached to an aromatic ring is 1. The van der Waals surface area contributed by atoms with Gasteiger partial charge in [-0.1, -0.05) is 0 Å². The summed E-state index contributed by atoms with van der Waals surface area (Å²) in [7, 11) is 0. The van der Waals surface area contributed by atoms with Gasteiger partial charge in [0.25, 0.3) is 5.91 Å². The quantitative estimate of drug-likeness (QED) is 0.555. The fourth-order valence-electron chi connectivity index (χ4n) is 1.36. The molecule has 1 aliphatic rings. The van der Waals surface area contributed by atoms with Crippen LogP contribution in [0.3, 0.4) is 0 Å². The topological polar surface area (TPSA) is 113 Å². The Hall–Kier alpha value is -2.05. The lowest BCUT2D eigenvalue weighted by Gasteiger charge is -2.04. The molecular weight excluding hydrogens is 222 g/mol. The lowest BCUT2D eigenvalue weighted by molar-refractivity contribution is -0.120. The van der Waals surface area contributed by atoms with Crippen molar-refractivity contribution >= 4 is 17.5 Å². The number of nitrogens with two attached hydrogens (primary N) is 1. The average molecular weight is 237 g/mol. The SMILES string of the molecule is Cc1[nH]nc(C(=O)NCC(=O)NC2CC2)c1N. The number of carbonyl (C=O) groups excluding carboxylic acids is 2. The zero-order chi connectivity index (χ0) is 12.4. The largest absolute Gasteiger partial charge is 0.395 e. The van der Waals surface area contributed by atoms with Gasteiger partial charge in [-0.25, -0.2) is 0 Å². The van der Waals surface area contributed by atoms with E-state index in [-0.39, 0.29) is 24.2 Å². The number of nitrogens with zero attached hydrogens (tertiary/aromatic N) is 1. The molecule has 7 nitrogen and oxygen atoms in total. The van der Waals surface area contributed by atoms with Crippen LogP contribution in [0.15, 0.2) is 0 Å². The molecule has 0 unspecified atom stereocenters. The van der Waals surface area contributed by atoms with Crippen LogP contribution in [-0.4, -0.2) is 34.6 Å². The van der Waals surface area contributed by atoms with Gasteiger partial charge in [0.15, 0.2) is 5.69 Å². The molecular formula is C10H15N5O2. The smallest absolute Gasteiger partial charge is 0.274 e. The Balaban J connectivity index is 1.84. The molecule has 2 amide bonds. The van der Waals surface area contributed by atoms with Crippen LogP contribution in [0.4, 0.5) is 5.69 Å². The van der Waals surface area contributed by atoms with Gasteiger partial charge in [0.05, 0.1) is 17.9 Å². The van der Waals surface area contributed by atoms with Crippen LogP contribution >= 0.6 is 0 Å². The van der Waals surface area contributed by atoms with E-state index in [0.29, 0.717) is 11.4 Å². The van der Waals surface area contributed by atoms with Crippen LogP contribution in [0.5, 0.6) is 0 Å². The predicted octanol–water partition coefficient (Wildman–Crippen LogP) is -0.691. The van der Waals surface area contributed by atoms with Crippen molar-refractivity contribution < 1.29 is 9.59 Å². The molecule has 0 aliphatic heterocycles. The summed E-state index contributed by atoms with van der Waals surface area (Å²) in [4.78, 5) is 23.0. The third-order valence-corrected chi connectivity index (χ3v) is 2.56. The number of aromatic amines is 1. The highest BCUT2D eigenvalue weighted by atomic mass is 16.2. The highest BCUT2D eigenvalue weighted by molar-refractivity contribution is 5.99. The van der Waals surface area contributed by atoms with Gasteiger partial charge in [0.1, 0.15) is 0 Å². The van der Waals surface area contributed by atoms with Crippen molar-refractivity contribution in [2.45, 2.75) is 25.8 Å². The number of rotatable bonds is 4. The number of aromatic nitrogens is 2. The van der Waals surface area contributed by atoms with Gasteiger partial charge < -0.3 is 16.4 Å². The maximum absolute atomic E-state index is 11.6. The van der Waals surface area contributed by atoms with E-state index in [1.807, 2.05) is 0 Å². The third kappa shape index (κ3) is 2.74. The average Bonchev–Trinajstić information content (AvgIpc) is 3.03. The van der Waals surface area contributed by atoms with E-state index in [1.54, 1.807) is 6.92 Å². The first-order valence-corrected chi connectivity index (χ1v) is 5.46. The molecule has 1 aromatic rings.